The van der Waals surface area contributed by atoms with Gasteiger partial charge in [0.15, 0.2) is 17.3 Å². The van der Waals surface area contributed by atoms with Gasteiger partial charge in [0.2, 0.25) is 29.5 Å². The highest BCUT2D eigenvalue weighted by atomic mass is 32.2. The molecule has 1 aromatic heterocycles. The molecule has 1 N–H and O–H groups in total. The predicted octanol–water partition coefficient (Wildman–Crippen LogP) is 4.36. The molecule has 12 heteroatoms. The second-order valence-electron chi connectivity index (χ2n) is 7.75. The Morgan fingerprint density at radius 1 is 1.11 bits per heavy atom. The highest BCUT2D eigenvalue weighted by molar-refractivity contribution is 7.98. The Kier molecular flexibility index (Phi) is 7.77. The van der Waals surface area contributed by atoms with E-state index in [1.807, 2.05) is 0 Å². The fourth-order valence-corrected chi connectivity index (χ4v) is 4.65. The number of rotatable bonds is 9. The minimum atomic E-state index is -1.08. The van der Waals surface area contributed by atoms with Gasteiger partial charge < -0.3 is 33.2 Å². The number of fused-ring (bicyclic) bond motifs is 1. The molecule has 2 heterocycles. The molecule has 0 bridgehead atoms. The standard InChI is InChI=1S/C25H22F2O9S/c1-31-18-8-14(23(33-3)25-24(18)34-11-35-25)15(9-20(29)32-2)22-21(30)17(28)7-13(36-22)10-37-19-5-4-12(26)6-16(19)27/h4-8,15,30H,9-11H2,1-3H3/t15-/m1/s1. The molecule has 0 aliphatic carbocycles. The first kappa shape index (κ1) is 26.1. The lowest BCUT2D eigenvalue weighted by molar-refractivity contribution is -0.140. The molecular formula is C25H22F2O9S. The molecule has 1 atom stereocenters. The number of hydrogen-bond acceptors (Lipinski definition) is 10. The minimum absolute atomic E-state index is 0.0301. The Hall–Kier alpha value is -3.93. The van der Waals surface area contributed by atoms with Gasteiger partial charge in [0, 0.05) is 22.6 Å². The molecular weight excluding hydrogens is 514 g/mol. The summed E-state index contributed by atoms with van der Waals surface area (Å²) in [4.78, 5) is 25.2. The highest BCUT2D eigenvalue weighted by Gasteiger charge is 2.35. The molecule has 9 nitrogen and oxygen atoms in total. The van der Waals surface area contributed by atoms with Crippen LogP contribution < -0.4 is 24.4 Å². The van der Waals surface area contributed by atoms with E-state index in [0.717, 1.165) is 30.0 Å². The zero-order valence-corrected chi connectivity index (χ0v) is 20.8. The van der Waals surface area contributed by atoms with Gasteiger partial charge in [-0.25, -0.2) is 8.78 Å². The first-order valence-corrected chi connectivity index (χ1v) is 11.8. The van der Waals surface area contributed by atoms with Gasteiger partial charge in [-0.15, -0.1) is 11.8 Å². The molecule has 37 heavy (non-hydrogen) atoms. The van der Waals surface area contributed by atoms with Crippen molar-refractivity contribution in [3.8, 4) is 28.7 Å². The maximum atomic E-state index is 14.1. The summed E-state index contributed by atoms with van der Waals surface area (Å²) in [5, 5.41) is 10.7. The van der Waals surface area contributed by atoms with E-state index in [9.17, 15) is 23.5 Å². The first-order valence-electron chi connectivity index (χ1n) is 10.8. The molecule has 196 valence electrons. The number of aromatic hydroxyl groups is 1. The zero-order chi connectivity index (χ0) is 26.7. The van der Waals surface area contributed by atoms with Crippen LogP contribution >= 0.6 is 11.8 Å². The van der Waals surface area contributed by atoms with Crippen molar-refractivity contribution in [3.63, 3.8) is 0 Å². The molecule has 0 saturated heterocycles. The van der Waals surface area contributed by atoms with Crippen LogP contribution in [-0.4, -0.2) is 39.2 Å². The maximum absolute atomic E-state index is 14.1. The lowest BCUT2D eigenvalue weighted by Gasteiger charge is -2.21. The van der Waals surface area contributed by atoms with Crippen LogP contribution in [0.4, 0.5) is 8.78 Å². The van der Waals surface area contributed by atoms with Crippen LogP contribution in [-0.2, 0) is 15.3 Å². The van der Waals surface area contributed by atoms with Crippen LogP contribution in [0.5, 0.6) is 28.7 Å². The Bertz CT molecular complexity index is 1390. The van der Waals surface area contributed by atoms with E-state index in [2.05, 4.69) is 0 Å². The van der Waals surface area contributed by atoms with E-state index in [0.29, 0.717) is 5.56 Å². The van der Waals surface area contributed by atoms with Gasteiger partial charge in [-0.3, -0.25) is 9.59 Å². The lowest BCUT2D eigenvalue weighted by atomic mass is 9.90. The van der Waals surface area contributed by atoms with Gasteiger partial charge in [-0.1, -0.05) is 0 Å². The van der Waals surface area contributed by atoms with Crippen molar-refractivity contribution in [1.29, 1.82) is 0 Å². The molecule has 0 amide bonds. The quantitative estimate of drug-likeness (QED) is 0.313. The van der Waals surface area contributed by atoms with Crippen molar-refractivity contribution in [3.05, 3.63) is 69.3 Å². The summed E-state index contributed by atoms with van der Waals surface area (Å²) in [7, 11) is 3.98. The van der Waals surface area contributed by atoms with E-state index in [1.165, 1.54) is 33.5 Å². The number of methoxy groups -OCH3 is 3. The van der Waals surface area contributed by atoms with Gasteiger partial charge in [-0.2, -0.15) is 0 Å². The van der Waals surface area contributed by atoms with Crippen LogP contribution in [0.25, 0.3) is 0 Å². The van der Waals surface area contributed by atoms with E-state index >= 15 is 0 Å². The molecule has 0 fully saturated rings. The third-order valence-electron chi connectivity index (χ3n) is 5.57. The molecule has 4 rings (SSSR count). The van der Waals surface area contributed by atoms with Crippen LogP contribution in [0.3, 0.4) is 0 Å². The first-order chi connectivity index (χ1) is 17.8. The van der Waals surface area contributed by atoms with E-state index < -0.39 is 34.7 Å². The van der Waals surface area contributed by atoms with Gasteiger partial charge in [0.25, 0.3) is 0 Å². The molecule has 0 saturated carbocycles. The van der Waals surface area contributed by atoms with Crippen LogP contribution in [0, 0.1) is 11.6 Å². The predicted molar refractivity (Wildman–Crippen MR) is 127 cm³/mol. The molecule has 3 aromatic rings. The summed E-state index contributed by atoms with van der Waals surface area (Å²) in [5.41, 5.74) is -0.486. The number of ether oxygens (including phenoxy) is 5. The average molecular weight is 537 g/mol. The minimum Gasteiger partial charge on any atom is -0.502 e. The van der Waals surface area contributed by atoms with Gasteiger partial charge in [0.05, 0.1) is 39.4 Å². The van der Waals surface area contributed by atoms with E-state index in [1.54, 1.807) is 0 Å². The second-order valence-corrected chi connectivity index (χ2v) is 8.77. The van der Waals surface area contributed by atoms with Gasteiger partial charge in [0.1, 0.15) is 17.4 Å². The van der Waals surface area contributed by atoms with E-state index in [4.69, 9.17) is 28.1 Å². The Labute approximate surface area is 213 Å². The van der Waals surface area contributed by atoms with Crippen molar-refractivity contribution < 1.29 is 46.8 Å². The van der Waals surface area contributed by atoms with Crippen molar-refractivity contribution in [2.24, 2.45) is 0 Å². The third-order valence-corrected chi connectivity index (χ3v) is 6.64. The summed E-state index contributed by atoms with van der Waals surface area (Å²) in [6.45, 7) is -0.0971. The lowest BCUT2D eigenvalue weighted by Crippen LogP contribution is -2.15. The SMILES string of the molecule is COC(=O)C[C@H](c1cc(OC)c2c(c1OC)OCO2)c1oc(CSc2ccc(F)cc2F)cc(=O)c1O. The number of carbonyl (C=O) groups is 1. The number of esters is 1. The van der Waals surface area contributed by atoms with Gasteiger partial charge >= 0.3 is 5.97 Å². The third kappa shape index (κ3) is 5.29. The van der Waals surface area contributed by atoms with Crippen molar-refractivity contribution in [2.45, 2.75) is 23.0 Å². The largest absolute Gasteiger partial charge is 0.502 e. The van der Waals surface area contributed by atoms with Crippen molar-refractivity contribution in [1.82, 2.24) is 0 Å². The van der Waals surface area contributed by atoms with Gasteiger partial charge in [-0.05, 0) is 18.2 Å². The highest BCUT2D eigenvalue weighted by Crippen LogP contribution is 2.53. The smallest absolute Gasteiger partial charge is 0.306 e. The number of hydrogen-bond donors (Lipinski definition) is 1. The molecule has 1 aliphatic rings. The normalized spacial score (nSPS) is 12.8. The molecule has 1 aliphatic heterocycles. The van der Waals surface area contributed by atoms with E-state index in [-0.39, 0.29) is 58.4 Å². The Balaban J connectivity index is 1.81. The Morgan fingerprint density at radius 3 is 2.54 bits per heavy atom. The fraction of sp³-hybridized carbons (Fsp3) is 0.280. The van der Waals surface area contributed by atoms with Crippen LogP contribution in [0.15, 0.2) is 44.4 Å². The maximum Gasteiger partial charge on any atom is 0.306 e. The monoisotopic (exact) mass is 536 g/mol. The topological polar surface area (TPSA) is 114 Å². The van der Waals surface area contributed by atoms with Crippen LogP contribution in [0.1, 0.15) is 29.4 Å². The molecule has 0 spiro atoms. The summed E-state index contributed by atoms with van der Waals surface area (Å²) in [6, 6.07) is 5.69. The molecule has 2 aromatic carbocycles. The molecule has 0 unspecified atom stereocenters. The Morgan fingerprint density at radius 2 is 1.86 bits per heavy atom. The average Bonchev–Trinajstić information content (AvgIpc) is 3.37. The number of carbonyl (C=O) groups excluding carboxylic acids is 1. The summed E-state index contributed by atoms with van der Waals surface area (Å²) < 4.78 is 60.0. The summed E-state index contributed by atoms with van der Waals surface area (Å²) in [6.07, 6.45) is -0.352. The number of benzene rings is 2. The van der Waals surface area contributed by atoms with Crippen molar-refractivity contribution >= 4 is 17.7 Å². The fourth-order valence-electron chi connectivity index (χ4n) is 3.85. The van der Waals surface area contributed by atoms with Crippen LogP contribution in [0.2, 0.25) is 0 Å². The zero-order valence-electron chi connectivity index (χ0n) is 20.0. The number of halogens is 2. The summed E-state index contributed by atoms with van der Waals surface area (Å²) >= 11 is 0.959. The van der Waals surface area contributed by atoms with Crippen molar-refractivity contribution in [2.75, 3.05) is 28.1 Å². The summed E-state index contributed by atoms with van der Waals surface area (Å²) in [5.74, 6) is -3.22. The second kappa shape index (κ2) is 11.0. The molecule has 0 radical (unpaired) electrons. The number of thioether (sulfide) groups is 1.